The van der Waals surface area contributed by atoms with Crippen LogP contribution in [0, 0.1) is 0 Å². The van der Waals surface area contributed by atoms with Gasteiger partial charge in [0, 0.05) is 45.8 Å². The van der Waals surface area contributed by atoms with E-state index in [1.165, 1.54) is 5.56 Å². The molecule has 2 aliphatic heterocycles. The summed E-state index contributed by atoms with van der Waals surface area (Å²) in [5.41, 5.74) is 1.29. The van der Waals surface area contributed by atoms with E-state index in [2.05, 4.69) is 38.9 Å². The number of hydrogen-bond acceptors (Lipinski definition) is 4. The van der Waals surface area contributed by atoms with Gasteiger partial charge in [-0.3, -0.25) is 4.90 Å². The molecule has 0 spiro atoms. The van der Waals surface area contributed by atoms with Crippen LogP contribution < -0.4 is 5.32 Å². The monoisotopic (exact) mass is 336 g/mol. The molecule has 23 heavy (non-hydrogen) atoms. The van der Waals surface area contributed by atoms with Crippen LogP contribution in [-0.4, -0.2) is 73.1 Å². The maximum absolute atomic E-state index is 12.5. The largest absolute Gasteiger partial charge is 0.337 e. The second-order valence-corrected chi connectivity index (χ2v) is 7.20. The van der Waals surface area contributed by atoms with Crippen molar-refractivity contribution in [2.75, 3.05) is 52.4 Å². The molecule has 1 aromatic heterocycles. The first-order valence-electron chi connectivity index (χ1n) is 8.79. The van der Waals surface area contributed by atoms with E-state index >= 15 is 0 Å². The summed E-state index contributed by atoms with van der Waals surface area (Å²) in [6.45, 7) is 10.5. The third kappa shape index (κ3) is 4.25. The Balaban J connectivity index is 1.41. The Bertz CT molecular complexity index is 485. The highest BCUT2D eigenvalue weighted by atomic mass is 32.1. The van der Waals surface area contributed by atoms with Crippen LogP contribution in [0.3, 0.4) is 0 Å². The molecule has 1 unspecified atom stereocenters. The van der Waals surface area contributed by atoms with E-state index < -0.39 is 0 Å². The van der Waals surface area contributed by atoms with Gasteiger partial charge in [-0.1, -0.05) is 6.92 Å². The molecule has 1 N–H and O–H groups in total. The topological polar surface area (TPSA) is 38.8 Å². The fourth-order valence-corrected chi connectivity index (χ4v) is 4.28. The summed E-state index contributed by atoms with van der Waals surface area (Å²) in [6, 6.07) is 2.52. The minimum atomic E-state index is 0.103. The third-order valence-corrected chi connectivity index (χ3v) is 5.76. The van der Waals surface area contributed by atoms with E-state index in [1.54, 1.807) is 11.3 Å². The number of carbonyl (C=O) groups is 1. The van der Waals surface area contributed by atoms with E-state index in [9.17, 15) is 4.79 Å². The maximum atomic E-state index is 12.5. The number of urea groups is 1. The van der Waals surface area contributed by atoms with Crippen molar-refractivity contribution in [2.45, 2.75) is 25.8 Å². The molecule has 2 saturated heterocycles. The lowest BCUT2D eigenvalue weighted by molar-refractivity contribution is 0.136. The van der Waals surface area contributed by atoms with E-state index in [1.807, 2.05) is 4.90 Å². The summed E-state index contributed by atoms with van der Waals surface area (Å²) in [6.07, 6.45) is 2.19. The van der Waals surface area contributed by atoms with Crippen LogP contribution in [0.4, 0.5) is 4.79 Å². The highest BCUT2D eigenvalue weighted by molar-refractivity contribution is 7.07. The summed E-state index contributed by atoms with van der Waals surface area (Å²) in [5.74, 6) is 0. The summed E-state index contributed by atoms with van der Waals surface area (Å²) in [5, 5.41) is 7.39. The van der Waals surface area contributed by atoms with Gasteiger partial charge in [-0.2, -0.15) is 11.3 Å². The molecular formula is C17H28N4OS. The number of carbonyl (C=O) groups excluding carboxylic acids is 1. The molecule has 5 nitrogen and oxygen atoms in total. The second kappa shape index (κ2) is 8.13. The molecule has 2 aliphatic rings. The number of nitrogens with one attached hydrogen (secondary N) is 1. The van der Waals surface area contributed by atoms with Crippen molar-refractivity contribution in [2.24, 2.45) is 0 Å². The van der Waals surface area contributed by atoms with Gasteiger partial charge >= 0.3 is 6.03 Å². The van der Waals surface area contributed by atoms with Gasteiger partial charge in [0.25, 0.3) is 0 Å². The predicted octanol–water partition coefficient (Wildman–Crippen LogP) is 2.23. The van der Waals surface area contributed by atoms with Crippen molar-refractivity contribution in [3.8, 4) is 0 Å². The Morgan fingerprint density at radius 3 is 2.74 bits per heavy atom. The highest BCUT2D eigenvalue weighted by Gasteiger charge is 2.30. The molecule has 0 aromatic carbocycles. The van der Waals surface area contributed by atoms with Gasteiger partial charge in [0.05, 0.1) is 6.04 Å². The zero-order valence-electron chi connectivity index (χ0n) is 14.0. The van der Waals surface area contributed by atoms with E-state index in [0.717, 1.165) is 65.2 Å². The van der Waals surface area contributed by atoms with Crippen molar-refractivity contribution in [3.63, 3.8) is 0 Å². The predicted molar refractivity (Wildman–Crippen MR) is 95.0 cm³/mol. The fraction of sp³-hybridized carbons (Fsp3) is 0.706. The van der Waals surface area contributed by atoms with Crippen LogP contribution in [0.5, 0.6) is 0 Å². The van der Waals surface area contributed by atoms with Gasteiger partial charge < -0.3 is 15.1 Å². The van der Waals surface area contributed by atoms with Gasteiger partial charge in [0.2, 0.25) is 0 Å². The van der Waals surface area contributed by atoms with Crippen LogP contribution in [0.15, 0.2) is 16.8 Å². The Hall–Kier alpha value is -1.11. The molecule has 0 aliphatic carbocycles. The number of amides is 2. The van der Waals surface area contributed by atoms with Crippen LogP contribution in [0.1, 0.15) is 31.4 Å². The summed E-state index contributed by atoms with van der Waals surface area (Å²) in [4.78, 5) is 19.4. The molecular weight excluding hydrogens is 308 g/mol. The van der Waals surface area contributed by atoms with Gasteiger partial charge in [-0.05, 0) is 41.8 Å². The molecule has 1 atom stereocenters. The van der Waals surface area contributed by atoms with Crippen molar-refractivity contribution >= 4 is 17.4 Å². The number of piperazine rings is 1. The van der Waals surface area contributed by atoms with E-state index in [-0.39, 0.29) is 12.1 Å². The Kier molecular flexibility index (Phi) is 5.91. The zero-order chi connectivity index (χ0) is 16.1. The van der Waals surface area contributed by atoms with Gasteiger partial charge in [-0.25, -0.2) is 4.79 Å². The minimum Gasteiger partial charge on any atom is -0.337 e. The summed E-state index contributed by atoms with van der Waals surface area (Å²) >= 11 is 1.71. The number of hydrogen-bond donors (Lipinski definition) is 1. The highest BCUT2D eigenvalue weighted by Crippen LogP contribution is 2.32. The fourth-order valence-electron chi connectivity index (χ4n) is 3.57. The molecule has 0 saturated carbocycles. The van der Waals surface area contributed by atoms with Crippen molar-refractivity contribution in [1.29, 1.82) is 0 Å². The number of likely N-dealkylation sites (tertiary alicyclic amines) is 1. The molecule has 128 valence electrons. The molecule has 0 bridgehead atoms. The smallest absolute Gasteiger partial charge is 0.317 e. The van der Waals surface area contributed by atoms with Gasteiger partial charge in [0.15, 0.2) is 0 Å². The first kappa shape index (κ1) is 16.7. The van der Waals surface area contributed by atoms with Crippen LogP contribution in [-0.2, 0) is 0 Å². The molecule has 3 rings (SSSR count). The lowest BCUT2D eigenvalue weighted by atomic mass is 10.1. The second-order valence-electron chi connectivity index (χ2n) is 6.42. The average molecular weight is 337 g/mol. The van der Waals surface area contributed by atoms with E-state index in [4.69, 9.17) is 0 Å². The van der Waals surface area contributed by atoms with Crippen molar-refractivity contribution < 1.29 is 4.79 Å². The van der Waals surface area contributed by atoms with Crippen molar-refractivity contribution in [3.05, 3.63) is 22.4 Å². The molecule has 2 amide bonds. The summed E-state index contributed by atoms with van der Waals surface area (Å²) < 4.78 is 0. The molecule has 2 fully saturated rings. The number of rotatable bonds is 5. The Labute approximate surface area is 143 Å². The Morgan fingerprint density at radius 1 is 1.26 bits per heavy atom. The zero-order valence-corrected chi connectivity index (χ0v) is 14.9. The number of thiophene rings is 1. The molecule has 0 radical (unpaired) electrons. The number of nitrogens with zero attached hydrogens (tertiary/aromatic N) is 3. The van der Waals surface area contributed by atoms with Gasteiger partial charge in [-0.15, -0.1) is 0 Å². The van der Waals surface area contributed by atoms with Crippen LogP contribution in [0.25, 0.3) is 0 Å². The Morgan fingerprint density at radius 2 is 2.04 bits per heavy atom. The van der Waals surface area contributed by atoms with E-state index in [0.29, 0.717) is 0 Å². The van der Waals surface area contributed by atoms with Crippen LogP contribution >= 0.6 is 11.3 Å². The molecule has 1 aromatic rings. The average Bonchev–Trinajstić information content (AvgIpc) is 3.26. The molecule has 3 heterocycles. The van der Waals surface area contributed by atoms with Crippen LogP contribution in [0.2, 0.25) is 0 Å². The third-order valence-electron chi connectivity index (χ3n) is 5.06. The first-order valence-corrected chi connectivity index (χ1v) is 9.73. The lowest BCUT2D eigenvalue weighted by Crippen LogP contribution is -2.49. The summed E-state index contributed by atoms with van der Waals surface area (Å²) in [7, 11) is 0. The lowest BCUT2D eigenvalue weighted by Gasteiger charge is -2.34. The van der Waals surface area contributed by atoms with Crippen molar-refractivity contribution in [1.82, 2.24) is 20.0 Å². The maximum Gasteiger partial charge on any atom is 0.317 e. The first-order chi connectivity index (χ1) is 11.3. The quantitative estimate of drug-likeness (QED) is 0.896. The number of likely N-dealkylation sites (N-methyl/N-ethyl adjacent to an activating group) is 1. The van der Waals surface area contributed by atoms with Gasteiger partial charge in [0.1, 0.15) is 0 Å². The normalized spacial score (nSPS) is 23.3. The molecule has 6 heteroatoms. The standard InChI is InChI=1S/C17H28N4OS/c1-2-19-9-11-20(12-10-19)8-6-18-17(22)21-7-3-4-16(21)15-5-13-23-14-15/h5,13-14,16H,2-4,6-12H2,1H3,(H,18,22). The SMILES string of the molecule is CCN1CCN(CCNC(=O)N2CCCC2c2ccsc2)CC1. The minimum absolute atomic E-state index is 0.103.